The van der Waals surface area contributed by atoms with E-state index in [4.69, 9.17) is 63.5 Å². The van der Waals surface area contributed by atoms with Gasteiger partial charge in [-0.25, -0.2) is 0 Å². The van der Waals surface area contributed by atoms with E-state index >= 15 is 0 Å². The van der Waals surface area contributed by atoms with Gasteiger partial charge in [0.25, 0.3) is 5.79 Å². The Morgan fingerprint density at radius 1 is 1.19 bits per heavy atom. The largest absolute Gasteiger partial charge is 0.372 e. The molecular weight excluding hydrogens is 350 g/mol. The Bertz CT molecular complexity index is 452. The molecule has 0 radical (unpaired) electrons. The summed E-state index contributed by atoms with van der Waals surface area (Å²) >= 11 is 17.2. The number of methoxy groups -OCH3 is 1. The molecule has 0 saturated carbocycles. The fraction of sp³-hybridized carbons (Fsp3) is 0.818. The lowest BCUT2D eigenvalue weighted by Gasteiger charge is -2.36. The highest BCUT2D eigenvalue weighted by Crippen LogP contribution is 2.48. The predicted octanol–water partition coefficient (Wildman–Crippen LogP) is 1.39. The summed E-state index contributed by atoms with van der Waals surface area (Å²) in [6, 6.07) is 0. The fourth-order valence-electron chi connectivity index (χ4n) is 2.35. The molecule has 3 aliphatic heterocycles. The van der Waals surface area contributed by atoms with Gasteiger partial charge < -0.3 is 24.1 Å². The highest BCUT2D eigenvalue weighted by molar-refractivity contribution is 6.67. The molecule has 120 valence electrons. The van der Waals surface area contributed by atoms with Gasteiger partial charge in [0, 0.05) is 7.11 Å². The number of rotatable bonds is 1. The van der Waals surface area contributed by atoms with Crippen LogP contribution in [0.1, 0.15) is 6.92 Å². The van der Waals surface area contributed by atoms with E-state index in [0.29, 0.717) is 0 Å². The van der Waals surface area contributed by atoms with Crippen molar-refractivity contribution in [2.45, 2.75) is 47.1 Å². The number of ether oxygens (including phenoxy) is 4. The van der Waals surface area contributed by atoms with Gasteiger partial charge in [-0.05, 0) is 19.1 Å². The zero-order chi connectivity index (χ0) is 15.5. The highest BCUT2D eigenvalue weighted by atomic mass is 35.6. The molecule has 0 aliphatic carbocycles. The second-order valence-corrected chi connectivity index (χ2v) is 7.40. The molecule has 0 amide bonds. The smallest absolute Gasteiger partial charge is 0.252 e. The molecule has 2 fully saturated rings. The van der Waals surface area contributed by atoms with Crippen molar-refractivity contribution >= 4 is 34.8 Å². The Labute approximate surface area is 135 Å². The van der Waals surface area contributed by atoms with Gasteiger partial charge in [-0.15, -0.1) is 0 Å². The van der Waals surface area contributed by atoms with Crippen molar-refractivity contribution < 1.29 is 33.8 Å². The molecule has 0 aromatic carbocycles. The van der Waals surface area contributed by atoms with Gasteiger partial charge in [-0.3, -0.25) is 0 Å². The number of alkyl halides is 3. The molecule has 2 saturated heterocycles. The molecule has 6 atom stereocenters. The fourth-order valence-corrected chi connectivity index (χ4v) is 2.66. The Kier molecular flexibility index (Phi) is 3.99. The number of hydrogen-bond acceptors (Lipinski definition) is 7. The zero-order valence-corrected chi connectivity index (χ0v) is 13.3. The SMILES string of the molecule is CO[C@@H]1[C@H]2O[C@H](C(Cl)(Cl)Cl)O[C@H]2O[C@]12C=CC(C)(O)OO2. The first-order valence-electron chi connectivity index (χ1n) is 6.05. The summed E-state index contributed by atoms with van der Waals surface area (Å²) in [5.41, 5.74) is 0. The van der Waals surface area contributed by atoms with E-state index in [1.54, 1.807) is 0 Å². The zero-order valence-electron chi connectivity index (χ0n) is 11.0. The van der Waals surface area contributed by atoms with Crippen molar-refractivity contribution in [2.75, 3.05) is 7.11 Å². The molecule has 1 spiro atoms. The average molecular weight is 364 g/mol. The van der Waals surface area contributed by atoms with Crippen LogP contribution in [-0.4, -0.2) is 52.4 Å². The molecule has 0 bridgehead atoms. The van der Waals surface area contributed by atoms with Crippen molar-refractivity contribution in [3.8, 4) is 0 Å². The Hall–Kier alpha value is 0.330. The van der Waals surface area contributed by atoms with E-state index < -0.39 is 40.2 Å². The third-order valence-electron chi connectivity index (χ3n) is 3.29. The lowest BCUT2D eigenvalue weighted by molar-refractivity contribution is -0.494. The first-order chi connectivity index (χ1) is 9.67. The van der Waals surface area contributed by atoms with Gasteiger partial charge in [0.2, 0.25) is 15.9 Å². The third kappa shape index (κ3) is 2.81. The van der Waals surface area contributed by atoms with Gasteiger partial charge in [0.1, 0.15) is 12.2 Å². The van der Waals surface area contributed by atoms with Crippen molar-refractivity contribution in [1.29, 1.82) is 0 Å². The summed E-state index contributed by atoms with van der Waals surface area (Å²) in [5, 5.41) is 9.68. The predicted molar refractivity (Wildman–Crippen MR) is 70.4 cm³/mol. The molecule has 1 unspecified atom stereocenters. The van der Waals surface area contributed by atoms with E-state index in [0.717, 1.165) is 0 Å². The first kappa shape index (κ1) is 16.2. The molecule has 7 nitrogen and oxygen atoms in total. The summed E-state index contributed by atoms with van der Waals surface area (Å²) < 4.78 is 20.2. The van der Waals surface area contributed by atoms with Crippen molar-refractivity contribution in [2.24, 2.45) is 0 Å². The molecule has 3 aliphatic rings. The summed E-state index contributed by atoms with van der Waals surface area (Å²) in [7, 11) is 1.44. The standard InChI is InChI=1S/C11H13Cl3O7/c1-9(15)3-4-10(21-20-9)6(16-2)5-7(19-10)18-8(17-5)11(12,13)14/h3-8,15H,1-2H3/t5-,6-,7+,8+,9?,10+/m1/s1. The summed E-state index contributed by atoms with van der Waals surface area (Å²) in [6.07, 6.45) is -0.550. The van der Waals surface area contributed by atoms with E-state index in [9.17, 15) is 5.11 Å². The lowest BCUT2D eigenvalue weighted by Crippen LogP contribution is -2.51. The van der Waals surface area contributed by atoms with Crippen LogP contribution in [0.3, 0.4) is 0 Å². The minimum Gasteiger partial charge on any atom is -0.372 e. The minimum atomic E-state index is -1.76. The second-order valence-electron chi connectivity index (χ2n) is 5.03. The maximum absolute atomic E-state index is 9.68. The third-order valence-corrected chi connectivity index (χ3v) is 3.82. The maximum Gasteiger partial charge on any atom is 0.252 e. The lowest BCUT2D eigenvalue weighted by atomic mass is 10.1. The van der Waals surface area contributed by atoms with Crippen LogP contribution in [0.2, 0.25) is 0 Å². The van der Waals surface area contributed by atoms with Gasteiger partial charge in [-0.2, -0.15) is 9.78 Å². The van der Waals surface area contributed by atoms with Crippen LogP contribution in [0.15, 0.2) is 12.2 Å². The number of hydrogen-bond donors (Lipinski definition) is 1. The number of fused-ring (bicyclic) bond motifs is 1. The quantitative estimate of drug-likeness (QED) is 0.429. The topological polar surface area (TPSA) is 75.6 Å². The van der Waals surface area contributed by atoms with Crippen LogP contribution in [0.25, 0.3) is 0 Å². The summed E-state index contributed by atoms with van der Waals surface area (Å²) in [5.74, 6) is -2.97. The molecule has 0 aromatic heterocycles. The number of aliphatic hydroxyl groups is 1. The van der Waals surface area contributed by atoms with E-state index in [1.807, 2.05) is 0 Å². The van der Waals surface area contributed by atoms with Crippen molar-refractivity contribution in [1.82, 2.24) is 0 Å². The van der Waals surface area contributed by atoms with Crippen LogP contribution in [0.4, 0.5) is 0 Å². The minimum absolute atomic E-state index is 0.688. The molecule has 3 heterocycles. The van der Waals surface area contributed by atoms with Crippen molar-refractivity contribution in [3.63, 3.8) is 0 Å². The van der Waals surface area contributed by atoms with Crippen LogP contribution < -0.4 is 0 Å². The molecule has 21 heavy (non-hydrogen) atoms. The first-order valence-corrected chi connectivity index (χ1v) is 7.18. The Morgan fingerprint density at radius 2 is 1.90 bits per heavy atom. The maximum atomic E-state index is 9.68. The molecular formula is C11H13Cl3O7. The van der Waals surface area contributed by atoms with Gasteiger partial charge in [0.05, 0.1) is 0 Å². The molecule has 10 heteroatoms. The van der Waals surface area contributed by atoms with Crippen LogP contribution in [0.5, 0.6) is 0 Å². The average Bonchev–Trinajstić information content (AvgIpc) is 2.88. The second kappa shape index (κ2) is 5.17. The van der Waals surface area contributed by atoms with E-state index in [1.165, 1.54) is 26.2 Å². The normalized spacial score (nSPS) is 49.8. The molecule has 1 N–H and O–H groups in total. The van der Waals surface area contributed by atoms with Gasteiger partial charge in [0.15, 0.2) is 6.29 Å². The highest BCUT2D eigenvalue weighted by Gasteiger charge is 2.65. The van der Waals surface area contributed by atoms with Gasteiger partial charge in [-0.1, -0.05) is 34.8 Å². The molecule has 3 rings (SSSR count). The van der Waals surface area contributed by atoms with Crippen molar-refractivity contribution in [3.05, 3.63) is 12.2 Å². The van der Waals surface area contributed by atoms with Crippen LogP contribution >= 0.6 is 34.8 Å². The van der Waals surface area contributed by atoms with Gasteiger partial charge >= 0.3 is 0 Å². The van der Waals surface area contributed by atoms with Crippen LogP contribution in [-0.2, 0) is 28.7 Å². The monoisotopic (exact) mass is 362 g/mol. The number of halogens is 3. The summed E-state index contributed by atoms with van der Waals surface area (Å²) in [4.78, 5) is 10.0. The Morgan fingerprint density at radius 3 is 2.43 bits per heavy atom. The van der Waals surface area contributed by atoms with Crippen LogP contribution in [0, 0.1) is 0 Å². The Balaban J connectivity index is 1.81. The molecule has 0 aromatic rings. The summed E-state index contributed by atoms with van der Waals surface area (Å²) in [6.45, 7) is 1.40. The van der Waals surface area contributed by atoms with E-state index in [-0.39, 0.29) is 0 Å². The van der Waals surface area contributed by atoms with E-state index in [2.05, 4.69) is 0 Å².